The van der Waals surface area contributed by atoms with Gasteiger partial charge in [-0.1, -0.05) is 0 Å². The Balaban J connectivity index is 1.12. The topological polar surface area (TPSA) is 77.7 Å². The van der Waals surface area contributed by atoms with Gasteiger partial charge < -0.3 is 20.9 Å². The summed E-state index contributed by atoms with van der Waals surface area (Å²) < 4.78 is 38.3. The highest BCUT2D eigenvalue weighted by Crippen LogP contribution is 2.30. The quantitative estimate of drug-likeness (QED) is 0.617. The Kier molecular flexibility index (Phi) is 8.00. The van der Waals surface area contributed by atoms with Crippen molar-refractivity contribution in [1.82, 2.24) is 14.8 Å². The summed E-state index contributed by atoms with van der Waals surface area (Å²) in [4.78, 5) is 23.1. The second-order valence-corrected chi connectivity index (χ2v) is 9.25. The van der Waals surface area contributed by atoms with Crippen molar-refractivity contribution in [2.45, 2.75) is 37.9 Å². The van der Waals surface area contributed by atoms with Crippen molar-refractivity contribution in [3.8, 4) is 0 Å². The van der Waals surface area contributed by atoms with Gasteiger partial charge in [-0.25, -0.2) is 4.98 Å². The molecule has 2 aromatic rings. The fourth-order valence-corrected chi connectivity index (χ4v) is 4.70. The predicted octanol–water partition coefficient (Wildman–Crippen LogP) is 3.69. The van der Waals surface area contributed by atoms with Crippen LogP contribution in [0.25, 0.3) is 0 Å². The maximum atomic E-state index is 12.8. The summed E-state index contributed by atoms with van der Waals surface area (Å²) in [5.41, 5.74) is 6.77. The first-order chi connectivity index (χ1) is 16.8. The Bertz CT molecular complexity index is 951. The minimum Gasteiger partial charge on any atom is -0.384 e. The van der Waals surface area contributed by atoms with Gasteiger partial charge in [0, 0.05) is 57.4 Å². The van der Waals surface area contributed by atoms with E-state index in [-0.39, 0.29) is 5.91 Å². The molecule has 7 nitrogen and oxygen atoms in total. The smallest absolute Gasteiger partial charge is 0.384 e. The van der Waals surface area contributed by atoms with Gasteiger partial charge >= 0.3 is 6.18 Å². The van der Waals surface area contributed by atoms with E-state index in [4.69, 9.17) is 5.73 Å². The van der Waals surface area contributed by atoms with Gasteiger partial charge in [-0.2, -0.15) is 13.2 Å². The van der Waals surface area contributed by atoms with Crippen LogP contribution < -0.4 is 16.0 Å². The van der Waals surface area contributed by atoms with Gasteiger partial charge in [0.15, 0.2) is 0 Å². The molecule has 0 saturated carbocycles. The Morgan fingerprint density at radius 1 is 1.00 bits per heavy atom. The number of halogens is 3. The molecule has 0 unspecified atom stereocenters. The normalized spacial score (nSPS) is 18.0. The Morgan fingerprint density at radius 3 is 2.29 bits per heavy atom. The predicted molar refractivity (Wildman–Crippen MR) is 131 cm³/mol. The van der Waals surface area contributed by atoms with Crippen LogP contribution in [0.3, 0.4) is 0 Å². The van der Waals surface area contributed by atoms with E-state index in [0.717, 1.165) is 88.6 Å². The number of hydrogen-bond acceptors (Lipinski definition) is 6. The molecular weight excluding hydrogens is 457 g/mol. The molecule has 1 aromatic heterocycles. The summed E-state index contributed by atoms with van der Waals surface area (Å²) in [6.45, 7) is 5.58. The average Bonchev–Trinajstić information content (AvgIpc) is 2.86. The number of anilines is 3. The first kappa shape index (κ1) is 25.1. The Hall–Kier alpha value is -3.01. The molecule has 0 atom stereocenters. The van der Waals surface area contributed by atoms with Gasteiger partial charge in [0.25, 0.3) is 0 Å². The summed E-state index contributed by atoms with van der Waals surface area (Å²) in [5.74, 6) is 0.706. The molecule has 4 rings (SSSR count). The van der Waals surface area contributed by atoms with E-state index in [1.807, 2.05) is 11.0 Å². The highest BCUT2D eigenvalue weighted by Gasteiger charge is 2.30. The zero-order chi connectivity index (χ0) is 24.8. The lowest BCUT2D eigenvalue weighted by atomic mass is 10.0. The molecular formula is C25H33F3N6O. The number of nitrogens with one attached hydrogen (secondary N) is 1. The van der Waals surface area contributed by atoms with Crippen LogP contribution >= 0.6 is 0 Å². The first-order valence-corrected chi connectivity index (χ1v) is 12.2. The molecule has 0 radical (unpaired) electrons. The molecule has 35 heavy (non-hydrogen) atoms. The lowest BCUT2D eigenvalue weighted by Gasteiger charge is -2.36. The number of benzene rings is 1. The van der Waals surface area contributed by atoms with Crippen LogP contribution in [-0.4, -0.2) is 72.5 Å². The van der Waals surface area contributed by atoms with Gasteiger partial charge in [-0.3, -0.25) is 9.69 Å². The van der Waals surface area contributed by atoms with E-state index in [2.05, 4.69) is 20.1 Å². The lowest BCUT2D eigenvalue weighted by molar-refractivity contribution is -0.137. The molecule has 0 aliphatic carbocycles. The highest BCUT2D eigenvalue weighted by atomic mass is 19.4. The summed E-state index contributed by atoms with van der Waals surface area (Å²) in [5, 5.41) is 3.46. The van der Waals surface area contributed by atoms with Crippen LogP contribution in [0.5, 0.6) is 0 Å². The van der Waals surface area contributed by atoms with Gasteiger partial charge in [0.05, 0.1) is 17.4 Å². The maximum Gasteiger partial charge on any atom is 0.416 e. The molecule has 0 spiro atoms. The van der Waals surface area contributed by atoms with E-state index in [0.29, 0.717) is 18.3 Å². The third-order valence-corrected chi connectivity index (χ3v) is 6.80. The molecule has 2 aliphatic heterocycles. The van der Waals surface area contributed by atoms with Crippen LogP contribution in [0.1, 0.15) is 31.2 Å². The van der Waals surface area contributed by atoms with Crippen LogP contribution in [0.15, 0.2) is 42.6 Å². The molecule has 0 bridgehead atoms. The number of amides is 1. The Morgan fingerprint density at radius 2 is 1.69 bits per heavy atom. The fourth-order valence-electron chi connectivity index (χ4n) is 4.70. The number of aromatic nitrogens is 1. The average molecular weight is 491 g/mol. The van der Waals surface area contributed by atoms with Crippen molar-refractivity contribution in [3.63, 3.8) is 0 Å². The molecule has 1 aromatic carbocycles. The third kappa shape index (κ3) is 7.00. The van der Waals surface area contributed by atoms with Gasteiger partial charge in [0.2, 0.25) is 5.91 Å². The van der Waals surface area contributed by atoms with Crippen molar-refractivity contribution < 1.29 is 18.0 Å². The number of nitrogens with two attached hydrogens (primary N) is 1. The highest BCUT2D eigenvalue weighted by molar-refractivity contribution is 5.76. The van der Waals surface area contributed by atoms with Crippen LogP contribution in [-0.2, 0) is 11.0 Å². The summed E-state index contributed by atoms with van der Waals surface area (Å²) >= 11 is 0. The van der Waals surface area contributed by atoms with Gasteiger partial charge in [-0.05, 0) is 62.2 Å². The molecule has 10 heteroatoms. The number of piperazine rings is 1. The van der Waals surface area contributed by atoms with Gasteiger partial charge in [-0.15, -0.1) is 0 Å². The van der Waals surface area contributed by atoms with E-state index < -0.39 is 11.7 Å². The fraction of sp³-hybridized carbons (Fsp3) is 0.520. The molecule has 190 valence electrons. The zero-order valence-electron chi connectivity index (χ0n) is 19.8. The molecule has 2 aliphatic rings. The largest absolute Gasteiger partial charge is 0.416 e. The molecule has 1 amide bonds. The Labute approximate surface area is 204 Å². The summed E-state index contributed by atoms with van der Waals surface area (Å²) in [6, 6.07) is 9.39. The van der Waals surface area contributed by atoms with Gasteiger partial charge in [0.1, 0.15) is 5.82 Å². The van der Waals surface area contributed by atoms with Crippen molar-refractivity contribution >= 4 is 23.1 Å². The monoisotopic (exact) mass is 490 g/mol. The summed E-state index contributed by atoms with van der Waals surface area (Å²) in [6.07, 6.45) is 0.588. The molecule has 2 saturated heterocycles. The lowest BCUT2D eigenvalue weighted by Crippen LogP contribution is -2.47. The van der Waals surface area contributed by atoms with Crippen molar-refractivity contribution in [3.05, 3.63) is 48.2 Å². The number of nitrogen functional groups attached to an aromatic ring is 1. The number of carbonyl (C=O) groups excluding carboxylic acids is 1. The van der Waals surface area contributed by atoms with Crippen molar-refractivity contribution in [2.24, 2.45) is 0 Å². The third-order valence-electron chi connectivity index (χ3n) is 6.80. The van der Waals surface area contributed by atoms with Crippen LogP contribution in [0, 0.1) is 0 Å². The number of likely N-dealkylation sites (tertiary alicyclic amines) is 1. The van der Waals surface area contributed by atoms with Crippen molar-refractivity contribution in [1.29, 1.82) is 0 Å². The molecule has 3 heterocycles. The van der Waals surface area contributed by atoms with Crippen LogP contribution in [0.4, 0.5) is 30.4 Å². The number of nitrogens with zero attached hydrogens (tertiary/aromatic N) is 4. The van der Waals surface area contributed by atoms with E-state index >= 15 is 0 Å². The standard InChI is InChI=1S/C25H33F3N6O/c26-25(27,28)19-3-6-22(7-4-19)33-16-14-32(15-17-33)11-1-2-24(35)34-12-9-20(10-13-34)31-21-5-8-23(29)30-18-21/h3-8,18,20,31H,1-2,9-17H2,(H2,29,30). The second-order valence-electron chi connectivity index (χ2n) is 9.25. The van der Waals surface area contributed by atoms with E-state index in [1.165, 1.54) is 0 Å². The SMILES string of the molecule is Nc1ccc(NC2CCN(C(=O)CCCN3CCN(c4ccc(C(F)(F)F)cc4)CC3)CC2)cn1. The number of piperidine rings is 1. The second kappa shape index (κ2) is 11.2. The minimum atomic E-state index is -4.31. The summed E-state index contributed by atoms with van der Waals surface area (Å²) in [7, 11) is 0. The number of alkyl halides is 3. The molecule has 3 N–H and O–H groups in total. The minimum absolute atomic E-state index is 0.209. The van der Waals surface area contributed by atoms with E-state index in [1.54, 1.807) is 24.4 Å². The zero-order valence-corrected chi connectivity index (χ0v) is 19.8. The first-order valence-electron chi connectivity index (χ1n) is 12.2. The number of hydrogen-bond donors (Lipinski definition) is 2. The number of rotatable bonds is 7. The maximum absolute atomic E-state index is 12.8. The van der Waals surface area contributed by atoms with E-state index in [9.17, 15) is 18.0 Å². The van der Waals surface area contributed by atoms with Crippen molar-refractivity contribution in [2.75, 3.05) is 61.8 Å². The number of carbonyl (C=O) groups is 1. The number of pyridine rings is 1. The molecule has 2 fully saturated rings. The van der Waals surface area contributed by atoms with Crippen LogP contribution in [0.2, 0.25) is 0 Å².